The lowest BCUT2D eigenvalue weighted by molar-refractivity contribution is -0.0305. The third-order valence-electron chi connectivity index (χ3n) is 3.22. The van der Waals surface area contributed by atoms with Crippen LogP contribution in [-0.2, 0) is 0 Å². The Morgan fingerprint density at radius 3 is 2.54 bits per heavy atom. The molecule has 0 amide bonds. The fourth-order valence-electron chi connectivity index (χ4n) is 2.00. The van der Waals surface area contributed by atoms with Crippen LogP contribution < -0.4 is 0 Å². The fraction of sp³-hybridized carbons (Fsp3) is 1.00. The molecule has 78 valence electrons. The van der Waals surface area contributed by atoms with Crippen molar-refractivity contribution >= 4 is 0 Å². The predicted octanol–water partition coefficient (Wildman–Crippen LogP) is 0.601. The van der Waals surface area contributed by atoms with Crippen LogP contribution in [0.1, 0.15) is 33.6 Å². The van der Waals surface area contributed by atoms with Crippen LogP contribution >= 0.6 is 0 Å². The molecule has 0 aromatic carbocycles. The van der Waals surface area contributed by atoms with Gasteiger partial charge in [-0.05, 0) is 40.2 Å². The van der Waals surface area contributed by atoms with Gasteiger partial charge in [-0.25, -0.2) is 0 Å². The molecule has 1 fully saturated rings. The van der Waals surface area contributed by atoms with Gasteiger partial charge in [0.25, 0.3) is 0 Å². The van der Waals surface area contributed by atoms with E-state index in [1.54, 1.807) is 6.92 Å². The topological polar surface area (TPSA) is 43.7 Å². The average Bonchev–Trinajstić information content (AvgIpc) is 2.08. The molecule has 2 N–H and O–H groups in total. The van der Waals surface area contributed by atoms with Gasteiger partial charge in [-0.1, -0.05) is 0 Å². The Kier molecular flexibility index (Phi) is 3.71. The first-order valence-electron chi connectivity index (χ1n) is 5.16. The van der Waals surface area contributed by atoms with Crippen molar-refractivity contribution in [2.45, 2.75) is 57.9 Å². The molecule has 0 aromatic rings. The molecule has 1 saturated heterocycles. The summed E-state index contributed by atoms with van der Waals surface area (Å²) < 4.78 is 0. The molecule has 3 heteroatoms. The molecular weight excluding hydrogens is 166 g/mol. The molecule has 4 unspecified atom stereocenters. The van der Waals surface area contributed by atoms with Crippen LogP contribution in [-0.4, -0.2) is 45.9 Å². The maximum atomic E-state index is 9.66. The minimum absolute atomic E-state index is 0.143. The Hall–Kier alpha value is -0.120. The van der Waals surface area contributed by atoms with E-state index in [9.17, 15) is 10.2 Å². The number of aliphatic hydroxyl groups excluding tert-OH is 2. The summed E-state index contributed by atoms with van der Waals surface area (Å²) in [5.41, 5.74) is 0. The van der Waals surface area contributed by atoms with Crippen molar-refractivity contribution < 1.29 is 10.2 Å². The van der Waals surface area contributed by atoms with Crippen LogP contribution in [0, 0.1) is 0 Å². The van der Waals surface area contributed by atoms with Gasteiger partial charge in [0.15, 0.2) is 0 Å². The van der Waals surface area contributed by atoms with Crippen molar-refractivity contribution in [1.29, 1.82) is 0 Å². The first kappa shape index (κ1) is 11.0. The van der Waals surface area contributed by atoms with Gasteiger partial charge < -0.3 is 10.2 Å². The average molecular weight is 187 g/mol. The molecule has 1 heterocycles. The minimum atomic E-state index is -0.326. The minimum Gasteiger partial charge on any atom is -0.392 e. The summed E-state index contributed by atoms with van der Waals surface area (Å²) in [7, 11) is 0. The Morgan fingerprint density at radius 1 is 1.38 bits per heavy atom. The molecule has 13 heavy (non-hydrogen) atoms. The maximum Gasteiger partial charge on any atom is 0.0693 e. The Morgan fingerprint density at radius 2 is 2.00 bits per heavy atom. The van der Waals surface area contributed by atoms with Crippen molar-refractivity contribution in [3.63, 3.8) is 0 Å². The molecular formula is C10H21NO2. The summed E-state index contributed by atoms with van der Waals surface area (Å²) in [4.78, 5) is 2.19. The van der Waals surface area contributed by atoms with E-state index in [0.717, 1.165) is 19.4 Å². The van der Waals surface area contributed by atoms with E-state index in [1.165, 1.54) is 0 Å². The second-order valence-corrected chi connectivity index (χ2v) is 4.17. The molecule has 0 aromatic heterocycles. The van der Waals surface area contributed by atoms with E-state index in [4.69, 9.17) is 0 Å². The van der Waals surface area contributed by atoms with Crippen molar-refractivity contribution in [3.05, 3.63) is 0 Å². The van der Waals surface area contributed by atoms with Crippen molar-refractivity contribution in [2.24, 2.45) is 0 Å². The standard InChI is InChI=1S/C10H21NO2/c1-7(9(3)12)11-6-4-5-10(13)8(11)2/h7-10,12-13H,4-6H2,1-3H3. The highest BCUT2D eigenvalue weighted by molar-refractivity contribution is 4.85. The van der Waals surface area contributed by atoms with E-state index < -0.39 is 0 Å². The van der Waals surface area contributed by atoms with E-state index in [0.29, 0.717) is 0 Å². The second-order valence-electron chi connectivity index (χ2n) is 4.17. The van der Waals surface area contributed by atoms with Gasteiger partial charge in [0, 0.05) is 12.1 Å². The number of likely N-dealkylation sites (tertiary alicyclic amines) is 1. The first-order valence-corrected chi connectivity index (χ1v) is 5.16. The third kappa shape index (κ3) is 2.42. The number of hydrogen-bond donors (Lipinski definition) is 2. The third-order valence-corrected chi connectivity index (χ3v) is 3.22. The SMILES string of the molecule is CC(O)C(C)N1CCCC(O)C1C. The van der Waals surface area contributed by atoms with E-state index in [2.05, 4.69) is 4.90 Å². The van der Waals surface area contributed by atoms with Gasteiger partial charge in [-0.3, -0.25) is 4.90 Å². The lowest BCUT2D eigenvalue weighted by Gasteiger charge is -2.41. The summed E-state index contributed by atoms with van der Waals surface area (Å²) in [6, 6.07) is 0.322. The van der Waals surface area contributed by atoms with E-state index in [-0.39, 0.29) is 24.3 Å². The predicted molar refractivity (Wildman–Crippen MR) is 52.6 cm³/mol. The molecule has 0 aliphatic carbocycles. The maximum absolute atomic E-state index is 9.66. The molecule has 4 atom stereocenters. The monoisotopic (exact) mass is 187 g/mol. The normalized spacial score (nSPS) is 35.8. The Balaban J connectivity index is 2.57. The summed E-state index contributed by atoms with van der Waals surface area (Å²) in [6.45, 7) is 6.84. The van der Waals surface area contributed by atoms with E-state index in [1.807, 2.05) is 13.8 Å². The zero-order valence-corrected chi connectivity index (χ0v) is 8.77. The highest BCUT2D eigenvalue weighted by Crippen LogP contribution is 2.20. The van der Waals surface area contributed by atoms with Crippen LogP contribution in [0.15, 0.2) is 0 Å². The van der Waals surface area contributed by atoms with Crippen molar-refractivity contribution in [3.8, 4) is 0 Å². The zero-order valence-electron chi connectivity index (χ0n) is 8.77. The number of nitrogens with zero attached hydrogens (tertiary/aromatic N) is 1. The number of piperidine rings is 1. The van der Waals surface area contributed by atoms with Gasteiger partial charge in [0.2, 0.25) is 0 Å². The molecule has 0 saturated carbocycles. The van der Waals surface area contributed by atoms with Crippen molar-refractivity contribution in [2.75, 3.05) is 6.54 Å². The summed E-state index contributed by atoms with van der Waals surface area (Å²) >= 11 is 0. The highest BCUT2D eigenvalue weighted by atomic mass is 16.3. The summed E-state index contributed by atoms with van der Waals surface area (Å²) in [5.74, 6) is 0. The number of aliphatic hydroxyl groups is 2. The fourth-order valence-corrected chi connectivity index (χ4v) is 2.00. The Labute approximate surface area is 80.4 Å². The zero-order chi connectivity index (χ0) is 10.0. The van der Waals surface area contributed by atoms with Gasteiger partial charge in [-0.2, -0.15) is 0 Å². The van der Waals surface area contributed by atoms with Crippen LogP contribution in [0.25, 0.3) is 0 Å². The highest BCUT2D eigenvalue weighted by Gasteiger charge is 2.30. The van der Waals surface area contributed by atoms with Gasteiger partial charge >= 0.3 is 0 Å². The molecule has 0 bridgehead atoms. The van der Waals surface area contributed by atoms with E-state index >= 15 is 0 Å². The number of rotatable bonds is 2. The smallest absolute Gasteiger partial charge is 0.0693 e. The van der Waals surface area contributed by atoms with Gasteiger partial charge in [0.1, 0.15) is 0 Å². The van der Waals surface area contributed by atoms with Crippen LogP contribution in [0.3, 0.4) is 0 Å². The quantitative estimate of drug-likeness (QED) is 0.665. The molecule has 0 radical (unpaired) electrons. The van der Waals surface area contributed by atoms with Gasteiger partial charge in [0.05, 0.1) is 12.2 Å². The lowest BCUT2D eigenvalue weighted by Crippen LogP contribution is -2.53. The molecule has 0 spiro atoms. The molecule has 1 aliphatic heterocycles. The largest absolute Gasteiger partial charge is 0.392 e. The summed E-state index contributed by atoms with van der Waals surface area (Å²) in [5, 5.41) is 19.1. The van der Waals surface area contributed by atoms with Gasteiger partial charge in [-0.15, -0.1) is 0 Å². The van der Waals surface area contributed by atoms with Crippen LogP contribution in [0.5, 0.6) is 0 Å². The molecule has 1 aliphatic rings. The summed E-state index contributed by atoms with van der Waals surface area (Å²) in [6.07, 6.45) is 1.37. The lowest BCUT2D eigenvalue weighted by atomic mass is 9.97. The number of hydrogen-bond acceptors (Lipinski definition) is 3. The first-order chi connectivity index (χ1) is 6.04. The van der Waals surface area contributed by atoms with Crippen LogP contribution in [0.4, 0.5) is 0 Å². The van der Waals surface area contributed by atoms with Crippen LogP contribution in [0.2, 0.25) is 0 Å². The van der Waals surface area contributed by atoms with Crippen molar-refractivity contribution in [1.82, 2.24) is 4.90 Å². The Bertz CT molecular complexity index is 157. The molecule has 3 nitrogen and oxygen atoms in total. The molecule has 1 rings (SSSR count). The second kappa shape index (κ2) is 4.40.